The van der Waals surface area contributed by atoms with Crippen molar-refractivity contribution in [3.05, 3.63) is 0 Å². The Bertz CT molecular complexity index is 268. The van der Waals surface area contributed by atoms with Gasteiger partial charge in [0.25, 0.3) is 5.97 Å². The minimum atomic E-state index is -0.833. The largest absolute Gasteiger partial charge is 0.481 e. The SMILES string of the molecule is CC(=O)O.CCCCCCCCCCCCNCCCCCCCCCCCC. The zero-order chi connectivity index (χ0) is 21.8. The standard InChI is InChI=1S/C24H51N.C2H4O2/c1-3-5-7-9-11-13-15-17-19-21-23-25-24-22-20-18-16-14-12-10-8-6-4-2;1-2(3)4/h25H,3-24H2,1-2H3;1H3,(H,3,4). The Kier molecular flexibility index (Phi) is 31.3. The van der Waals surface area contributed by atoms with Gasteiger partial charge in [0.2, 0.25) is 0 Å². The molecule has 0 fully saturated rings. The van der Waals surface area contributed by atoms with Gasteiger partial charge < -0.3 is 10.4 Å². The molecule has 0 saturated heterocycles. The lowest BCUT2D eigenvalue weighted by Gasteiger charge is -2.05. The molecule has 0 heterocycles. The van der Waals surface area contributed by atoms with Crippen molar-refractivity contribution in [2.75, 3.05) is 13.1 Å². The summed E-state index contributed by atoms with van der Waals surface area (Å²) in [6, 6.07) is 0. The maximum absolute atomic E-state index is 9.00. The van der Waals surface area contributed by atoms with Gasteiger partial charge in [0, 0.05) is 6.92 Å². The quantitative estimate of drug-likeness (QED) is 0.175. The normalized spacial score (nSPS) is 10.6. The summed E-state index contributed by atoms with van der Waals surface area (Å²) in [6.07, 6.45) is 28.8. The molecule has 0 aromatic rings. The van der Waals surface area contributed by atoms with E-state index in [9.17, 15) is 0 Å². The summed E-state index contributed by atoms with van der Waals surface area (Å²) < 4.78 is 0. The van der Waals surface area contributed by atoms with Crippen LogP contribution < -0.4 is 5.32 Å². The third-order valence-electron chi connectivity index (χ3n) is 5.41. The first kappa shape index (κ1) is 30.6. The zero-order valence-corrected chi connectivity index (χ0v) is 20.4. The van der Waals surface area contributed by atoms with Gasteiger partial charge in [-0.15, -0.1) is 0 Å². The molecule has 0 amide bonds. The van der Waals surface area contributed by atoms with Crippen LogP contribution in [0.4, 0.5) is 0 Å². The third-order valence-corrected chi connectivity index (χ3v) is 5.41. The fraction of sp³-hybridized carbons (Fsp3) is 0.962. The molecule has 0 radical (unpaired) electrons. The second-order valence-electron chi connectivity index (χ2n) is 8.63. The van der Waals surface area contributed by atoms with Gasteiger partial charge in [-0.05, 0) is 25.9 Å². The van der Waals surface area contributed by atoms with Crippen molar-refractivity contribution in [3.63, 3.8) is 0 Å². The molecule has 0 saturated carbocycles. The number of carboxylic acid groups (broad SMARTS) is 1. The van der Waals surface area contributed by atoms with E-state index in [1.165, 1.54) is 142 Å². The summed E-state index contributed by atoms with van der Waals surface area (Å²) in [5.41, 5.74) is 0. The molecule has 0 aromatic heterocycles. The molecule has 0 spiro atoms. The smallest absolute Gasteiger partial charge is 0.300 e. The molecule has 0 aliphatic rings. The maximum atomic E-state index is 9.00. The number of hydrogen-bond acceptors (Lipinski definition) is 2. The number of nitrogens with one attached hydrogen (secondary N) is 1. The number of aliphatic carboxylic acids is 1. The lowest BCUT2D eigenvalue weighted by atomic mass is 10.1. The van der Waals surface area contributed by atoms with E-state index in [-0.39, 0.29) is 0 Å². The minimum absolute atomic E-state index is 0.833. The van der Waals surface area contributed by atoms with Crippen molar-refractivity contribution >= 4 is 5.97 Å². The predicted molar refractivity (Wildman–Crippen MR) is 130 cm³/mol. The first-order valence-corrected chi connectivity index (χ1v) is 13.0. The van der Waals surface area contributed by atoms with Crippen molar-refractivity contribution in [1.82, 2.24) is 5.32 Å². The molecule has 0 atom stereocenters. The van der Waals surface area contributed by atoms with Crippen LogP contribution in [0.5, 0.6) is 0 Å². The van der Waals surface area contributed by atoms with Gasteiger partial charge >= 0.3 is 0 Å². The van der Waals surface area contributed by atoms with Crippen molar-refractivity contribution in [1.29, 1.82) is 0 Å². The number of hydrogen-bond donors (Lipinski definition) is 2. The van der Waals surface area contributed by atoms with Gasteiger partial charge in [0.1, 0.15) is 0 Å². The van der Waals surface area contributed by atoms with Gasteiger partial charge in [0.05, 0.1) is 0 Å². The van der Waals surface area contributed by atoms with E-state index in [0.29, 0.717) is 0 Å². The van der Waals surface area contributed by atoms with Crippen LogP contribution in [0.2, 0.25) is 0 Å². The van der Waals surface area contributed by atoms with Crippen molar-refractivity contribution < 1.29 is 9.90 Å². The van der Waals surface area contributed by atoms with E-state index >= 15 is 0 Å². The molecular weight excluding hydrogens is 358 g/mol. The molecule has 0 aliphatic heterocycles. The molecule has 0 bridgehead atoms. The highest BCUT2D eigenvalue weighted by atomic mass is 16.4. The van der Waals surface area contributed by atoms with Crippen LogP contribution in [-0.2, 0) is 4.79 Å². The molecule has 176 valence electrons. The molecule has 29 heavy (non-hydrogen) atoms. The molecule has 0 rings (SSSR count). The van der Waals surface area contributed by atoms with Crippen molar-refractivity contribution in [2.45, 2.75) is 149 Å². The van der Waals surface area contributed by atoms with E-state index in [2.05, 4.69) is 19.2 Å². The Hall–Kier alpha value is -0.570. The van der Waals surface area contributed by atoms with Crippen molar-refractivity contribution in [3.8, 4) is 0 Å². The molecule has 0 unspecified atom stereocenters. The average molecular weight is 414 g/mol. The molecule has 3 nitrogen and oxygen atoms in total. The Morgan fingerprint density at radius 1 is 0.517 bits per heavy atom. The molecule has 2 N–H and O–H groups in total. The average Bonchev–Trinajstić information content (AvgIpc) is 2.69. The van der Waals surface area contributed by atoms with Crippen LogP contribution >= 0.6 is 0 Å². The topological polar surface area (TPSA) is 49.3 Å². The fourth-order valence-corrected chi connectivity index (χ4v) is 3.60. The highest BCUT2D eigenvalue weighted by molar-refractivity contribution is 5.62. The van der Waals surface area contributed by atoms with E-state index < -0.39 is 5.97 Å². The first-order chi connectivity index (χ1) is 14.1. The van der Waals surface area contributed by atoms with Gasteiger partial charge in [-0.1, -0.05) is 129 Å². The maximum Gasteiger partial charge on any atom is 0.300 e. The van der Waals surface area contributed by atoms with Crippen LogP contribution in [0.25, 0.3) is 0 Å². The Balaban J connectivity index is 0. The van der Waals surface area contributed by atoms with Crippen LogP contribution in [0.1, 0.15) is 149 Å². The molecule has 0 aliphatic carbocycles. The van der Waals surface area contributed by atoms with Crippen LogP contribution in [0.3, 0.4) is 0 Å². The number of carboxylic acids is 1. The lowest BCUT2D eigenvalue weighted by molar-refractivity contribution is -0.134. The summed E-state index contributed by atoms with van der Waals surface area (Å²) in [5.74, 6) is -0.833. The lowest BCUT2D eigenvalue weighted by Crippen LogP contribution is -2.16. The Labute approximate surface area is 183 Å². The highest BCUT2D eigenvalue weighted by Gasteiger charge is 1.94. The zero-order valence-electron chi connectivity index (χ0n) is 20.4. The summed E-state index contributed by atoms with van der Waals surface area (Å²) in [6.45, 7) is 8.16. The highest BCUT2D eigenvalue weighted by Crippen LogP contribution is 2.11. The second kappa shape index (κ2) is 29.6. The molecule has 0 aromatic carbocycles. The Morgan fingerprint density at radius 3 is 0.966 bits per heavy atom. The van der Waals surface area contributed by atoms with Crippen molar-refractivity contribution in [2.24, 2.45) is 0 Å². The van der Waals surface area contributed by atoms with E-state index in [0.717, 1.165) is 6.92 Å². The van der Waals surface area contributed by atoms with Crippen LogP contribution in [0, 0.1) is 0 Å². The molecular formula is C26H55NO2. The van der Waals surface area contributed by atoms with E-state index in [1.54, 1.807) is 0 Å². The van der Waals surface area contributed by atoms with Crippen LogP contribution in [-0.4, -0.2) is 24.2 Å². The summed E-state index contributed by atoms with van der Waals surface area (Å²) >= 11 is 0. The third kappa shape index (κ3) is 38.6. The van der Waals surface area contributed by atoms with Gasteiger partial charge in [0.15, 0.2) is 0 Å². The predicted octanol–water partition coefficient (Wildman–Crippen LogP) is 8.51. The number of carbonyl (C=O) groups is 1. The first-order valence-electron chi connectivity index (χ1n) is 13.0. The minimum Gasteiger partial charge on any atom is -0.481 e. The molecule has 3 heteroatoms. The summed E-state index contributed by atoms with van der Waals surface area (Å²) in [5, 5.41) is 11.1. The summed E-state index contributed by atoms with van der Waals surface area (Å²) in [7, 11) is 0. The Morgan fingerprint density at radius 2 is 0.724 bits per heavy atom. The van der Waals surface area contributed by atoms with E-state index in [1.807, 2.05) is 0 Å². The van der Waals surface area contributed by atoms with Gasteiger partial charge in [-0.2, -0.15) is 0 Å². The van der Waals surface area contributed by atoms with Gasteiger partial charge in [-0.3, -0.25) is 4.79 Å². The van der Waals surface area contributed by atoms with Gasteiger partial charge in [-0.25, -0.2) is 0 Å². The fourth-order valence-electron chi connectivity index (χ4n) is 3.60. The number of rotatable bonds is 22. The van der Waals surface area contributed by atoms with E-state index in [4.69, 9.17) is 9.90 Å². The second-order valence-corrected chi connectivity index (χ2v) is 8.63. The van der Waals surface area contributed by atoms with Crippen LogP contribution in [0.15, 0.2) is 0 Å². The monoisotopic (exact) mass is 413 g/mol. The number of unbranched alkanes of at least 4 members (excludes halogenated alkanes) is 18. The summed E-state index contributed by atoms with van der Waals surface area (Å²) in [4.78, 5) is 9.00.